The van der Waals surface area contributed by atoms with Crippen LogP contribution in [0.4, 0.5) is 0 Å². The molecule has 1 saturated heterocycles. The Balaban J connectivity index is 1.55. The zero-order valence-corrected chi connectivity index (χ0v) is 27.9. The van der Waals surface area contributed by atoms with Crippen LogP contribution in [0.15, 0.2) is 121 Å². The number of carbonyl (C=O) groups is 4. The van der Waals surface area contributed by atoms with Crippen LogP contribution < -0.4 is 0 Å². The molecule has 5 rings (SSSR count). The van der Waals surface area contributed by atoms with Crippen LogP contribution in [0.1, 0.15) is 48.4 Å². The summed E-state index contributed by atoms with van der Waals surface area (Å²) in [5, 5.41) is 0. The van der Waals surface area contributed by atoms with Gasteiger partial charge < -0.3 is 28.4 Å². The molecule has 0 spiro atoms. The lowest BCUT2D eigenvalue weighted by molar-refractivity contribution is -0.207. The van der Waals surface area contributed by atoms with Gasteiger partial charge in [0, 0.05) is 0 Å². The van der Waals surface area contributed by atoms with Gasteiger partial charge in [-0.3, -0.25) is 0 Å². The molecule has 49 heavy (non-hydrogen) atoms. The molecule has 1 aliphatic rings. The molecule has 1 heterocycles. The summed E-state index contributed by atoms with van der Waals surface area (Å²) >= 11 is 6.32. The molecular formula is C37H32O10S2. The molecule has 0 unspecified atom stereocenters. The number of benzene rings is 4. The molecular weight excluding hydrogens is 669 g/mol. The van der Waals surface area contributed by atoms with E-state index in [0.717, 1.165) is 11.8 Å². The average molecular weight is 701 g/mol. The van der Waals surface area contributed by atoms with Gasteiger partial charge in [-0.15, -0.1) is 0 Å². The Hall–Kier alpha value is -5.04. The Morgan fingerprint density at radius 2 is 0.959 bits per heavy atom. The molecule has 0 aliphatic carbocycles. The summed E-state index contributed by atoms with van der Waals surface area (Å²) in [5.41, 5.74) is -0.281. The molecule has 0 amide bonds. The molecule has 12 heteroatoms. The van der Waals surface area contributed by atoms with Gasteiger partial charge in [0.15, 0.2) is 23.7 Å². The number of esters is 4. The lowest BCUT2D eigenvalue weighted by atomic mass is 9.98. The van der Waals surface area contributed by atoms with Crippen molar-refractivity contribution < 1.29 is 47.6 Å². The van der Waals surface area contributed by atoms with E-state index in [0.29, 0.717) is 0 Å². The van der Waals surface area contributed by atoms with Crippen molar-refractivity contribution in [1.82, 2.24) is 0 Å². The van der Waals surface area contributed by atoms with Crippen LogP contribution in [-0.4, -0.2) is 71.3 Å². The minimum Gasteiger partial charge on any atom is -0.479 e. The Morgan fingerprint density at radius 3 is 1.39 bits per heavy atom. The van der Waals surface area contributed by atoms with E-state index >= 15 is 0 Å². The molecule has 0 bridgehead atoms. The van der Waals surface area contributed by atoms with Gasteiger partial charge in [-0.05, 0) is 79.4 Å². The van der Waals surface area contributed by atoms with Gasteiger partial charge in [-0.1, -0.05) is 72.8 Å². The van der Waals surface area contributed by atoms with Crippen molar-refractivity contribution in [3.8, 4) is 0 Å². The zero-order chi connectivity index (χ0) is 34.6. The zero-order valence-electron chi connectivity index (χ0n) is 26.2. The van der Waals surface area contributed by atoms with Crippen LogP contribution in [0.3, 0.4) is 0 Å². The number of ether oxygens (including phenoxy) is 6. The summed E-state index contributed by atoms with van der Waals surface area (Å²) in [4.78, 5) is 53.7. The average Bonchev–Trinajstić information content (AvgIpc) is 3.14. The van der Waals surface area contributed by atoms with E-state index in [2.05, 4.69) is 0 Å². The van der Waals surface area contributed by atoms with Gasteiger partial charge in [-0.25, -0.2) is 19.2 Å². The van der Waals surface area contributed by atoms with Crippen LogP contribution >= 0.6 is 24.0 Å². The van der Waals surface area contributed by atoms with Crippen molar-refractivity contribution in [3.05, 3.63) is 144 Å². The SMILES string of the molecule is CCOC(=S)S[C@@H]1O[C@H](COC(=O)c2ccccc2)[C@H](OC(=O)c2ccccc2)[C@H](OC(=O)c2ccccc2)[C@H]1OC(=O)c1ccccc1. The highest BCUT2D eigenvalue weighted by Gasteiger charge is 2.53. The minimum atomic E-state index is -1.47. The second-order valence-electron chi connectivity index (χ2n) is 10.5. The third-order valence-corrected chi connectivity index (χ3v) is 8.54. The first-order chi connectivity index (χ1) is 23.8. The third kappa shape index (κ3) is 9.53. The van der Waals surface area contributed by atoms with Gasteiger partial charge in [-0.2, -0.15) is 0 Å². The Kier molecular flexibility index (Phi) is 12.5. The van der Waals surface area contributed by atoms with Crippen LogP contribution in [-0.2, 0) is 28.4 Å². The normalized spacial score (nSPS) is 19.9. The first-order valence-corrected chi connectivity index (χ1v) is 16.6. The van der Waals surface area contributed by atoms with E-state index in [1.165, 1.54) is 0 Å². The molecule has 4 aromatic carbocycles. The molecule has 10 nitrogen and oxygen atoms in total. The lowest BCUT2D eigenvalue weighted by Gasteiger charge is -2.44. The fourth-order valence-corrected chi connectivity index (χ4v) is 6.19. The number of thioether (sulfide) groups is 1. The maximum Gasteiger partial charge on any atom is 0.338 e. The lowest BCUT2D eigenvalue weighted by Crippen LogP contribution is -2.62. The summed E-state index contributed by atoms with van der Waals surface area (Å²) in [7, 11) is 0. The van der Waals surface area contributed by atoms with Crippen LogP contribution in [0.25, 0.3) is 0 Å². The maximum atomic E-state index is 13.6. The smallest absolute Gasteiger partial charge is 0.338 e. The number of hydrogen-bond acceptors (Lipinski definition) is 12. The summed E-state index contributed by atoms with van der Waals surface area (Å²) in [6.07, 6.45) is -5.51. The monoisotopic (exact) mass is 700 g/mol. The van der Waals surface area contributed by atoms with E-state index in [4.69, 9.17) is 40.6 Å². The number of carbonyl (C=O) groups excluding carboxylic acids is 4. The molecule has 252 valence electrons. The van der Waals surface area contributed by atoms with Crippen LogP contribution in [0, 0.1) is 0 Å². The molecule has 0 N–H and O–H groups in total. The van der Waals surface area contributed by atoms with Gasteiger partial charge in [0.25, 0.3) is 0 Å². The molecule has 0 aromatic heterocycles. The number of rotatable bonds is 11. The minimum absolute atomic E-state index is 0.0566. The van der Waals surface area contributed by atoms with Crippen molar-refractivity contribution in [2.24, 2.45) is 0 Å². The Morgan fingerprint density at radius 1 is 0.571 bits per heavy atom. The van der Waals surface area contributed by atoms with E-state index in [1.54, 1.807) is 128 Å². The summed E-state index contributed by atoms with van der Waals surface area (Å²) in [5.74, 6) is -2.99. The second-order valence-corrected chi connectivity index (χ2v) is 12.2. The van der Waals surface area contributed by atoms with Crippen molar-refractivity contribution >= 4 is 52.2 Å². The number of thiocarbonyl (C=S) groups is 1. The van der Waals surface area contributed by atoms with Crippen molar-refractivity contribution in [1.29, 1.82) is 0 Å². The maximum absolute atomic E-state index is 13.6. The predicted octanol–water partition coefficient (Wildman–Crippen LogP) is 6.30. The topological polar surface area (TPSA) is 124 Å². The van der Waals surface area contributed by atoms with E-state index in [9.17, 15) is 19.2 Å². The van der Waals surface area contributed by atoms with E-state index in [-0.39, 0.29) is 33.2 Å². The molecule has 5 atom stereocenters. The molecule has 0 radical (unpaired) electrons. The first-order valence-electron chi connectivity index (χ1n) is 15.3. The quantitative estimate of drug-likeness (QED) is 0.0991. The predicted molar refractivity (Wildman–Crippen MR) is 184 cm³/mol. The highest BCUT2D eigenvalue weighted by atomic mass is 32.2. The fraction of sp³-hybridized carbons (Fsp3) is 0.216. The van der Waals surface area contributed by atoms with Gasteiger partial charge >= 0.3 is 23.9 Å². The molecule has 0 saturated carbocycles. The summed E-state index contributed by atoms with van der Waals surface area (Å²) in [6.45, 7) is 1.56. The second kappa shape index (κ2) is 17.4. The first kappa shape index (κ1) is 35.3. The molecule has 1 fully saturated rings. The third-order valence-electron chi connectivity index (χ3n) is 7.21. The van der Waals surface area contributed by atoms with E-state index in [1.807, 2.05) is 0 Å². The van der Waals surface area contributed by atoms with Gasteiger partial charge in [0.1, 0.15) is 12.7 Å². The van der Waals surface area contributed by atoms with Crippen LogP contribution in [0.5, 0.6) is 0 Å². The van der Waals surface area contributed by atoms with Crippen molar-refractivity contribution in [2.45, 2.75) is 36.8 Å². The van der Waals surface area contributed by atoms with E-state index < -0.39 is 60.3 Å². The molecule has 1 aliphatic heterocycles. The summed E-state index contributed by atoms with van der Waals surface area (Å²) < 4.78 is 35.6. The summed E-state index contributed by atoms with van der Waals surface area (Å²) in [6, 6.07) is 32.8. The Bertz CT molecular complexity index is 1720. The number of hydrogen-bond donors (Lipinski definition) is 0. The van der Waals surface area contributed by atoms with Gasteiger partial charge in [0.2, 0.25) is 4.38 Å². The van der Waals surface area contributed by atoms with Crippen molar-refractivity contribution in [2.75, 3.05) is 13.2 Å². The highest BCUT2D eigenvalue weighted by molar-refractivity contribution is 8.22. The van der Waals surface area contributed by atoms with Gasteiger partial charge in [0.05, 0.1) is 28.9 Å². The molecule has 4 aromatic rings. The largest absolute Gasteiger partial charge is 0.479 e. The van der Waals surface area contributed by atoms with Crippen molar-refractivity contribution in [3.63, 3.8) is 0 Å². The Labute approximate surface area is 292 Å². The van der Waals surface area contributed by atoms with Crippen LogP contribution in [0.2, 0.25) is 0 Å². The fourth-order valence-electron chi connectivity index (χ4n) is 4.87. The standard InChI is InChI=1S/C37H32O10S2/c1-2-42-37(48)49-36-31(47-35(41)27-21-13-6-14-22-27)30(46-34(40)26-19-11-5-12-20-26)29(45-33(39)25-17-9-4-10-18-25)28(44-36)23-43-32(38)24-15-7-3-8-16-24/h3-22,28-31,36H,2,23H2,1H3/t28-,29+,30+,31-,36+/m1/s1. The highest BCUT2D eigenvalue weighted by Crippen LogP contribution is 2.36.